The number of nitrogens with one attached hydrogen (secondary N) is 1. The zero-order valence-corrected chi connectivity index (χ0v) is 13.4. The third kappa shape index (κ3) is 3.51. The zero-order valence-electron chi connectivity index (χ0n) is 11.1. The van der Waals surface area contributed by atoms with E-state index in [4.69, 9.17) is 11.6 Å². The van der Waals surface area contributed by atoms with E-state index < -0.39 is 0 Å². The molecule has 0 heterocycles. The highest BCUT2D eigenvalue weighted by atomic mass is 79.9. The number of halogens is 2. The van der Waals surface area contributed by atoms with Crippen molar-refractivity contribution < 1.29 is 4.79 Å². The van der Waals surface area contributed by atoms with Crippen LogP contribution in [0.3, 0.4) is 0 Å². The quantitative estimate of drug-likeness (QED) is 0.815. The molecule has 2 atom stereocenters. The fourth-order valence-electron chi connectivity index (χ4n) is 2.65. The molecule has 1 fully saturated rings. The molecule has 1 aliphatic rings. The maximum atomic E-state index is 12.4. The standard InChI is InChI=1S/C15H19BrClNO/c1-10-5-4-7-12(14(10)16)15(19)18-13-8-3-2-6-11(13)9-17/h4-5,7,11,13H,2-3,6,8-9H2,1H3,(H,18,19). The first-order valence-corrected chi connectivity index (χ1v) is 8.08. The molecule has 2 unspecified atom stereocenters. The summed E-state index contributed by atoms with van der Waals surface area (Å²) in [5, 5.41) is 3.15. The average Bonchev–Trinajstić information content (AvgIpc) is 2.42. The van der Waals surface area contributed by atoms with Crippen molar-refractivity contribution in [1.82, 2.24) is 5.32 Å². The number of aryl methyl sites for hydroxylation is 1. The Morgan fingerprint density at radius 1 is 1.42 bits per heavy atom. The summed E-state index contributed by atoms with van der Waals surface area (Å²) in [4.78, 5) is 12.4. The van der Waals surface area contributed by atoms with Gasteiger partial charge in [0, 0.05) is 16.4 Å². The molecule has 2 nitrogen and oxygen atoms in total. The lowest BCUT2D eigenvalue weighted by atomic mass is 9.85. The largest absolute Gasteiger partial charge is 0.349 e. The third-order valence-corrected chi connectivity index (χ3v) is 5.31. The highest BCUT2D eigenvalue weighted by molar-refractivity contribution is 9.10. The van der Waals surface area contributed by atoms with Gasteiger partial charge in [-0.05, 0) is 53.2 Å². The number of rotatable bonds is 3. The van der Waals surface area contributed by atoms with Crippen molar-refractivity contribution in [2.75, 3.05) is 5.88 Å². The van der Waals surface area contributed by atoms with Gasteiger partial charge in [-0.25, -0.2) is 0 Å². The molecule has 0 aromatic heterocycles. The molecule has 4 heteroatoms. The van der Waals surface area contributed by atoms with Gasteiger partial charge in [0.15, 0.2) is 0 Å². The van der Waals surface area contributed by atoms with Crippen LogP contribution in [0, 0.1) is 12.8 Å². The van der Waals surface area contributed by atoms with Crippen LogP contribution in [0.5, 0.6) is 0 Å². The number of hydrogen-bond donors (Lipinski definition) is 1. The number of benzene rings is 1. The van der Waals surface area contributed by atoms with Gasteiger partial charge in [0.25, 0.3) is 5.91 Å². The molecule has 0 radical (unpaired) electrons. The van der Waals surface area contributed by atoms with Gasteiger partial charge in [-0.15, -0.1) is 11.6 Å². The Labute approximate surface area is 128 Å². The summed E-state index contributed by atoms with van der Waals surface area (Å²) in [6.07, 6.45) is 4.54. The lowest BCUT2D eigenvalue weighted by Gasteiger charge is -2.31. The van der Waals surface area contributed by atoms with Crippen molar-refractivity contribution in [3.63, 3.8) is 0 Å². The molecule has 2 rings (SSSR count). The van der Waals surface area contributed by atoms with Crippen molar-refractivity contribution in [2.45, 2.75) is 38.6 Å². The minimum atomic E-state index is -0.00223. The van der Waals surface area contributed by atoms with Crippen molar-refractivity contribution in [1.29, 1.82) is 0 Å². The smallest absolute Gasteiger partial charge is 0.252 e. The Morgan fingerprint density at radius 3 is 2.89 bits per heavy atom. The summed E-state index contributed by atoms with van der Waals surface area (Å²) in [7, 11) is 0. The lowest BCUT2D eigenvalue weighted by molar-refractivity contribution is 0.0910. The van der Waals surface area contributed by atoms with Crippen molar-refractivity contribution in [2.24, 2.45) is 5.92 Å². The second kappa shape index (κ2) is 6.76. The maximum Gasteiger partial charge on any atom is 0.252 e. The molecule has 1 N–H and O–H groups in total. The van der Waals surface area contributed by atoms with Gasteiger partial charge >= 0.3 is 0 Å². The predicted molar refractivity (Wildman–Crippen MR) is 82.8 cm³/mol. The number of alkyl halides is 1. The molecule has 0 aliphatic heterocycles. The van der Waals surface area contributed by atoms with Gasteiger partial charge in [0.2, 0.25) is 0 Å². The van der Waals surface area contributed by atoms with Crippen LogP contribution in [0.4, 0.5) is 0 Å². The molecule has 0 saturated heterocycles. The van der Waals surface area contributed by atoms with Crippen molar-refractivity contribution in [3.8, 4) is 0 Å². The average molecular weight is 345 g/mol. The second-order valence-electron chi connectivity index (χ2n) is 5.22. The molecule has 19 heavy (non-hydrogen) atoms. The Bertz CT molecular complexity index is 463. The minimum absolute atomic E-state index is 0.00223. The van der Waals surface area contributed by atoms with Crippen molar-refractivity contribution in [3.05, 3.63) is 33.8 Å². The molecule has 1 aliphatic carbocycles. The summed E-state index contributed by atoms with van der Waals surface area (Å²) in [5.74, 6) is 1.03. The maximum absolute atomic E-state index is 12.4. The van der Waals surface area contributed by atoms with Crippen LogP contribution in [0.25, 0.3) is 0 Å². The zero-order chi connectivity index (χ0) is 13.8. The van der Waals surface area contributed by atoms with Gasteiger partial charge in [0.1, 0.15) is 0 Å². The molecular weight excluding hydrogens is 326 g/mol. The Balaban J connectivity index is 2.09. The van der Waals surface area contributed by atoms with E-state index >= 15 is 0 Å². The van der Waals surface area contributed by atoms with Crippen LogP contribution in [0.15, 0.2) is 22.7 Å². The summed E-state index contributed by atoms with van der Waals surface area (Å²) in [6, 6.07) is 5.97. The van der Waals surface area contributed by atoms with E-state index in [1.165, 1.54) is 12.8 Å². The highest BCUT2D eigenvalue weighted by Gasteiger charge is 2.26. The molecule has 1 amide bonds. The van der Waals surface area contributed by atoms with E-state index in [-0.39, 0.29) is 11.9 Å². The SMILES string of the molecule is Cc1cccc(C(=O)NC2CCCCC2CCl)c1Br. The van der Waals surface area contributed by atoms with E-state index in [2.05, 4.69) is 21.2 Å². The predicted octanol–water partition coefficient (Wildman–Crippen LogP) is 4.28. The van der Waals surface area contributed by atoms with Crippen molar-refractivity contribution >= 4 is 33.4 Å². The van der Waals surface area contributed by atoms with E-state index in [0.29, 0.717) is 17.4 Å². The second-order valence-corrected chi connectivity index (χ2v) is 6.32. The Kier molecular flexibility index (Phi) is 5.28. The minimum Gasteiger partial charge on any atom is -0.349 e. The normalized spacial score (nSPS) is 23.1. The number of hydrogen-bond acceptors (Lipinski definition) is 1. The third-order valence-electron chi connectivity index (χ3n) is 3.86. The molecular formula is C15H19BrClNO. The number of carbonyl (C=O) groups excluding carboxylic acids is 1. The van der Waals surface area contributed by atoms with E-state index in [0.717, 1.165) is 22.9 Å². The fourth-order valence-corrected chi connectivity index (χ4v) is 3.47. The number of carbonyl (C=O) groups is 1. The van der Waals surface area contributed by atoms with Gasteiger partial charge in [-0.1, -0.05) is 25.0 Å². The van der Waals surface area contributed by atoms with Crippen LogP contribution in [0.1, 0.15) is 41.6 Å². The topological polar surface area (TPSA) is 29.1 Å². The fraction of sp³-hybridized carbons (Fsp3) is 0.533. The molecule has 1 aromatic rings. The van der Waals surface area contributed by atoms with Crippen LogP contribution in [0.2, 0.25) is 0 Å². The van der Waals surface area contributed by atoms with E-state index in [1.54, 1.807) is 0 Å². The summed E-state index contributed by atoms with van der Waals surface area (Å²) >= 11 is 9.49. The highest BCUT2D eigenvalue weighted by Crippen LogP contribution is 2.27. The van der Waals surface area contributed by atoms with Crippen LogP contribution in [-0.4, -0.2) is 17.8 Å². The molecule has 1 aromatic carbocycles. The molecule has 1 saturated carbocycles. The monoisotopic (exact) mass is 343 g/mol. The van der Waals surface area contributed by atoms with Gasteiger partial charge in [-0.2, -0.15) is 0 Å². The number of amides is 1. The van der Waals surface area contributed by atoms with Crippen LogP contribution < -0.4 is 5.32 Å². The summed E-state index contributed by atoms with van der Waals surface area (Å²) in [5.41, 5.74) is 1.78. The van der Waals surface area contributed by atoms with Crippen LogP contribution in [-0.2, 0) is 0 Å². The van der Waals surface area contributed by atoms with E-state index in [9.17, 15) is 4.79 Å². The van der Waals surface area contributed by atoms with Crippen LogP contribution >= 0.6 is 27.5 Å². The molecule has 0 spiro atoms. The molecule has 0 bridgehead atoms. The summed E-state index contributed by atoms with van der Waals surface area (Å²) < 4.78 is 0.880. The van der Waals surface area contributed by atoms with Gasteiger partial charge in [-0.3, -0.25) is 4.79 Å². The van der Waals surface area contributed by atoms with Gasteiger partial charge in [0.05, 0.1) is 5.56 Å². The Hall–Kier alpha value is -0.540. The lowest BCUT2D eigenvalue weighted by Crippen LogP contribution is -2.42. The molecule has 104 valence electrons. The first kappa shape index (κ1) is 14.9. The first-order valence-electron chi connectivity index (χ1n) is 6.75. The summed E-state index contributed by atoms with van der Waals surface area (Å²) in [6.45, 7) is 1.99. The Morgan fingerprint density at radius 2 is 2.16 bits per heavy atom. The van der Waals surface area contributed by atoms with Gasteiger partial charge < -0.3 is 5.32 Å². The first-order chi connectivity index (χ1) is 9.13. The van der Waals surface area contributed by atoms with E-state index in [1.807, 2.05) is 25.1 Å².